The normalized spacial score (nSPS) is 21.9. The number of carbonyl (C=O) groups is 1. The van der Waals surface area contributed by atoms with Crippen LogP contribution in [0.15, 0.2) is 29.2 Å². The minimum Gasteiger partial charge on any atom is -0.480 e. The van der Waals surface area contributed by atoms with Crippen LogP contribution in [0.1, 0.15) is 24.1 Å². The number of halogens is 2. The van der Waals surface area contributed by atoms with Gasteiger partial charge in [0.05, 0.1) is 40.1 Å². The van der Waals surface area contributed by atoms with E-state index < -0.39 is 11.4 Å². The highest BCUT2D eigenvalue weighted by Crippen LogP contribution is 2.38. The zero-order valence-electron chi connectivity index (χ0n) is 19.3. The van der Waals surface area contributed by atoms with Crippen molar-refractivity contribution in [3.8, 4) is 5.75 Å². The van der Waals surface area contributed by atoms with Crippen molar-refractivity contribution in [3.05, 3.63) is 56.8 Å². The monoisotopic (exact) mass is 514 g/mol. The first-order chi connectivity index (χ1) is 17.3. The molecule has 6 heterocycles. The van der Waals surface area contributed by atoms with Crippen molar-refractivity contribution in [1.29, 1.82) is 0 Å². The smallest absolute Gasteiger partial charge is 0.263 e. The number of hydrogen-bond acceptors (Lipinski definition) is 8. The van der Waals surface area contributed by atoms with Gasteiger partial charge in [-0.3, -0.25) is 19.5 Å². The molecule has 1 fully saturated rings. The van der Waals surface area contributed by atoms with Gasteiger partial charge in [-0.25, -0.2) is 9.37 Å². The topological polar surface area (TPSA) is 122 Å². The number of carbonyl (C=O) groups excluding carboxylic acids is 1. The van der Waals surface area contributed by atoms with Gasteiger partial charge in [-0.05, 0) is 32.0 Å². The average Bonchev–Trinajstić information content (AvgIpc) is 3.17. The van der Waals surface area contributed by atoms with Crippen molar-refractivity contribution in [1.82, 2.24) is 24.8 Å². The maximum Gasteiger partial charge on any atom is 0.263 e. The van der Waals surface area contributed by atoms with Crippen molar-refractivity contribution < 1.29 is 19.0 Å². The second-order valence-corrected chi connectivity index (χ2v) is 9.94. The van der Waals surface area contributed by atoms with Gasteiger partial charge >= 0.3 is 0 Å². The first kappa shape index (κ1) is 23.3. The first-order valence-corrected chi connectivity index (χ1v) is 12.2. The van der Waals surface area contributed by atoms with Gasteiger partial charge in [0.15, 0.2) is 18.2 Å². The lowest BCUT2D eigenvalue weighted by molar-refractivity contribution is -0.118. The molecule has 6 rings (SSSR count). The molecule has 0 unspecified atom stereocenters. The molecule has 0 saturated carbocycles. The molecule has 3 aromatic rings. The lowest BCUT2D eigenvalue weighted by Gasteiger charge is -2.37. The van der Waals surface area contributed by atoms with Gasteiger partial charge in [0.2, 0.25) is 0 Å². The van der Waals surface area contributed by atoms with E-state index in [-0.39, 0.29) is 42.8 Å². The van der Waals surface area contributed by atoms with Crippen LogP contribution in [0.5, 0.6) is 5.75 Å². The Morgan fingerprint density at radius 3 is 2.92 bits per heavy atom. The van der Waals surface area contributed by atoms with Crippen molar-refractivity contribution in [2.75, 3.05) is 31.6 Å². The molecule has 0 aliphatic carbocycles. The van der Waals surface area contributed by atoms with E-state index in [2.05, 4.69) is 25.5 Å². The summed E-state index contributed by atoms with van der Waals surface area (Å²) in [5, 5.41) is 18.1. The number of nitrogens with one attached hydrogen (secondary N) is 2. The van der Waals surface area contributed by atoms with E-state index in [9.17, 15) is 19.1 Å². The zero-order valence-corrected chi connectivity index (χ0v) is 20.0. The summed E-state index contributed by atoms with van der Waals surface area (Å²) in [5.74, 6) is -0.0410. The van der Waals surface area contributed by atoms with Gasteiger partial charge in [-0.15, -0.1) is 0 Å². The largest absolute Gasteiger partial charge is 0.480 e. The number of aliphatic hydroxyl groups is 1. The Balaban J connectivity index is 1.10. The number of aromatic nitrogens is 3. The molecule has 12 heteroatoms. The SMILES string of the molecule is O=C1COc2cc(Cl)c(CNC3CCN(C[C@]4(O)Cn5c(=O)ccc6ncc(F)c4c65)CC3)nc2N1. The Hall–Kier alpha value is -3.12. The summed E-state index contributed by atoms with van der Waals surface area (Å²) in [6.45, 7) is 1.97. The number of piperidine rings is 1. The predicted octanol–water partition coefficient (Wildman–Crippen LogP) is 1.37. The molecule has 0 aromatic carbocycles. The summed E-state index contributed by atoms with van der Waals surface area (Å²) >= 11 is 6.35. The summed E-state index contributed by atoms with van der Waals surface area (Å²) in [5.41, 5.74) is -0.163. The molecule has 10 nitrogen and oxygen atoms in total. The maximum atomic E-state index is 14.8. The Labute approximate surface area is 210 Å². The van der Waals surface area contributed by atoms with E-state index in [1.165, 1.54) is 10.6 Å². The highest BCUT2D eigenvalue weighted by Gasteiger charge is 2.43. The number of fused-ring (bicyclic) bond motifs is 1. The third-order valence-corrected chi connectivity index (χ3v) is 7.43. The Kier molecular flexibility index (Phi) is 5.67. The van der Waals surface area contributed by atoms with Crippen LogP contribution >= 0.6 is 11.6 Å². The molecule has 3 aliphatic heterocycles. The van der Waals surface area contributed by atoms with Crippen LogP contribution in [0, 0.1) is 5.82 Å². The first-order valence-electron chi connectivity index (χ1n) is 11.8. The zero-order chi connectivity index (χ0) is 25.0. The number of hydrogen-bond donors (Lipinski definition) is 3. The number of amides is 1. The molecule has 1 atom stereocenters. The molecular formula is C24H24ClFN6O4. The standard InChI is InChI=1S/C24H24ClFN6O4/c25-14-7-18-23(30-19(33)10-36-18)29-17(14)9-27-13-3-5-31(6-4-13)11-24(35)12-32-20(34)2-1-16-22(32)21(24)15(26)8-28-16/h1-2,7-8,13,27,35H,3-6,9-12H2,(H,29,30,33)/t24-/m0/s1. The summed E-state index contributed by atoms with van der Waals surface area (Å²) in [7, 11) is 0. The molecule has 0 bridgehead atoms. The van der Waals surface area contributed by atoms with E-state index >= 15 is 0 Å². The van der Waals surface area contributed by atoms with Crippen LogP contribution in [0.3, 0.4) is 0 Å². The van der Waals surface area contributed by atoms with E-state index in [0.717, 1.165) is 19.0 Å². The van der Waals surface area contributed by atoms with E-state index in [0.29, 0.717) is 53.0 Å². The van der Waals surface area contributed by atoms with Gasteiger partial charge in [0.1, 0.15) is 11.4 Å². The third kappa shape index (κ3) is 4.01. The van der Waals surface area contributed by atoms with E-state index in [4.69, 9.17) is 16.3 Å². The number of ether oxygens (including phenoxy) is 1. The molecule has 188 valence electrons. The quantitative estimate of drug-likeness (QED) is 0.467. The van der Waals surface area contributed by atoms with Crippen molar-refractivity contribution >= 4 is 34.4 Å². The average molecular weight is 515 g/mol. The fourth-order valence-electron chi connectivity index (χ4n) is 5.36. The van der Waals surface area contributed by atoms with Crippen molar-refractivity contribution in [2.45, 2.75) is 37.6 Å². The second kappa shape index (κ2) is 8.77. The van der Waals surface area contributed by atoms with Crippen LogP contribution < -0.4 is 20.9 Å². The Bertz CT molecular complexity index is 1440. The van der Waals surface area contributed by atoms with E-state index in [1.807, 2.05) is 0 Å². The molecule has 3 aromatic heterocycles. The molecular weight excluding hydrogens is 491 g/mol. The Morgan fingerprint density at radius 2 is 2.11 bits per heavy atom. The highest BCUT2D eigenvalue weighted by atomic mass is 35.5. The summed E-state index contributed by atoms with van der Waals surface area (Å²) < 4.78 is 21.6. The third-order valence-electron chi connectivity index (χ3n) is 7.10. The van der Waals surface area contributed by atoms with Crippen LogP contribution in [0.4, 0.5) is 10.2 Å². The van der Waals surface area contributed by atoms with Gasteiger partial charge < -0.3 is 25.0 Å². The molecule has 1 saturated heterocycles. The number of likely N-dealkylation sites (tertiary alicyclic amines) is 1. The van der Waals surface area contributed by atoms with Gasteiger partial charge in [-0.1, -0.05) is 11.6 Å². The Morgan fingerprint density at radius 1 is 1.31 bits per heavy atom. The summed E-state index contributed by atoms with van der Waals surface area (Å²) in [6.07, 6.45) is 2.72. The lowest BCUT2D eigenvalue weighted by Crippen LogP contribution is -2.48. The maximum absolute atomic E-state index is 14.8. The molecule has 0 radical (unpaired) electrons. The number of rotatable bonds is 5. The van der Waals surface area contributed by atoms with Crippen LogP contribution in [0.25, 0.3) is 11.0 Å². The number of nitrogens with zero attached hydrogens (tertiary/aromatic N) is 4. The number of pyridine rings is 3. The highest BCUT2D eigenvalue weighted by molar-refractivity contribution is 6.31. The molecule has 36 heavy (non-hydrogen) atoms. The lowest BCUT2D eigenvalue weighted by atomic mass is 9.93. The number of β-amino-alcohol motifs (C(OH)–C–C–N with tert-alkyl or cyclic N) is 1. The minimum atomic E-state index is -1.51. The van der Waals surface area contributed by atoms with Crippen molar-refractivity contribution in [3.63, 3.8) is 0 Å². The van der Waals surface area contributed by atoms with Crippen LogP contribution in [0.2, 0.25) is 5.02 Å². The fraction of sp³-hybridized carbons (Fsp3) is 0.417. The molecule has 3 aliphatic rings. The number of anilines is 1. The van der Waals surface area contributed by atoms with Gasteiger partial charge in [0, 0.05) is 31.3 Å². The molecule has 1 amide bonds. The fourth-order valence-corrected chi connectivity index (χ4v) is 5.57. The summed E-state index contributed by atoms with van der Waals surface area (Å²) in [6, 6.07) is 4.81. The van der Waals surface area contributed by atoms with Crippen molar-refractivity contribution in [2.24, 2.45) is 0 Å². The van der Waals surface area contributed by atoms with Gasteiger partial charge in [0.25, 0.3) is 11.5 Å². The predicted molar refractivity (Wildman–Crippen MR) is 130 cm³/mol. The molecule has 0 spiro atoms. The second-order valence-electron chi connectivity index (χ2n) is 9.54. The summed E-state index contributed by atoms with van der Waals surface area (Å²) in [4.78, 5) is 34.5. The molecule has 3 N–H and O–H groups in total. The van der Waals surface area contributed by atoms with Crippen LogP contribution in [-0.4, -0.2) is 62.7 Å². The van der Waals surface area contributed by atoms with Crippen LogP contribution in [-0.2, 0) is 23.5 Å². The van der Waals surface area contributed by atoms with E-state index in [1.54, 1.807) is 12.1 Å². The van der Waals surface area contributed by atoms with Gasteiger partial charge in [-0.2, -0.15) is 0 Å². The minimum absolute atomic E-state index is 0.00203.